The molecule has 3 aromatic rings. The third-order valence-electron chi connectivity index (χ3n) is 5.71. The van der Waals surface area contributed by atoms with Crippen LogP contribution in [0.15, 0.2) is 24.4 Å². The van der Waals surface area contributed by atoms with Crippen LogP contribution < -0.4 is 4.74 Å². The van der Waals surface area contributed by atoms with Gasteiger partial charge in [-0.05, 0) is 92.3 Å². The molecular formula is C24H29IN4O3. The highest BCUT2D eigenvalue weighted by Gasteiger charge is 2.28. The maximum absolute atomic E-state index is 12.4. The van der Waals surface area contributed by atoms with Crippen molar-refractivity contribution in [2.45, 2.75) is 52.1 Å². The second-order valence-electron chi connectivity index (χ2n) is 9.24. The lowest BCUT2D eigenvalue weighted by Gasteiger charge is -2.33. The number of carbonyl (C=O) groups excluding carboxylic acids is 1. The molecule has 1 fully saturated rings. The predicted octanol–water partition coefficient (Wildman–Crippen LogP) is 5.66. The van der Waals surface area contributed by atoms with E-state index in [-0.39, 0.29) is 6.09 Å². The Morgan fingerprint density at radius 3 is 2.62 bits per heavy atom. The van der Waals surface area contributed by atoms with Gasteiger partial charge in [0.05, 0.1) is 23.7 Å². The van der Waals surface area contributed by atoms with E-state index in [1.807, 2.05) is 31.7 Å². The summed E-state index contributed by atoms with van der Waals surface area (Å²) in [7, 11) is 1.62. The van der Waals surface area contributed by atoms with E-state index in [9.17, 15) is 4.79 Å². The van der Waals surface area contributed by atoms with Crippen LogP contribution in [-0.2, 0) is 4.74 Å². The summed E-state index contributed by atoms with van der Waals surface area (Å²) in [5, 5.41) is 0. The van der Waals surface area contributed by atoms with Gasteiger partial charge in [0.1, 0.15) is 11.4 Å². The number of H-pyrrole nitrogens is 1. The third-order valence-corrected chi connectivity index (χ3v) is 6.61. The number of rotatable bonds is 3. The van der Waals surface area contributed by atoms with Crippen molar-refractivity contribution < 1.29 is 14.3 Å². The summed E-state index contributed by atoms with van der Waals surface area (Å²) in [6.07, 6.45) is 3.35. The van der Waals surface area contributed by atoms with E-state index in [1.54, 1.807) is 13.3 Å². The summed E-state index contributed by atoms with van der Waals surface area (Å²) in [6.45, 7) is 9.20. The van der Waals surface area contributed by atoms with Crippen molar-refractivity contribution in [3.8, 4) is 17.3 Å². The first-order valence-electron chi connectivity index (χ1n) is 10.8. The zero-order chi connectivity index (χ0) is 23.0. The summed E-state index contributed by atoms with van der Waals surface area (Å²) >= 11 is 2.28. The summed E-state index contributed by atoms with van der Waals surface area (Å²) in [5.74, 6) is 1.72. The Morgan fingerprint density at radius 1 is 1.25 bits per heavy atom. The third kappa shape index (κ3) is 4.69. The number of methoxy groups -OCH3 is 1. The van der Waals surface area contributed by atoms with Crippen LogP contribution in [0.2, 0.25) is 0 Å². The van der Waals surface area contributed by atoms with Crippen LogP contribution in [0, 0.1) is 10.5 Å². The number of halogens is 1. The Labute approximate surface area is 202 Å². The monoisotopic (exact) mass is 548 g/mol. The second-order valence-corrected chi connectivity index (χ2v) is 10.4. The zero-order valence-electron chi connectivity index (χ0n) is 19.2. The number of imidazole rings is 1. The quantitative estimate of drug-likeness (QED) is 0.428. The number of hydrogen-bond donors (Lipinski definition) is 1. The lowest BCUT2D eigenvalue weighted by atomic mass is 9.88. The summed E-state index contributed by atoms with van der Waals surface area (Å²) in [5.41, 5.74) is 4.78. The van der Waals surface area contributed by atoms with E-state index in [2.05, 4.69) is 51.6 Å². The molecule has 170 valence electrons. The van der Waals surface area contributed by atoms with Crippen molar-refractivity contribution in [2.75, 3.05) is 20.2 Å². The molecule has 4 rings (SSSR count). The highest BCUT2D eigenvalue weighted by atomic mass is 127. The molecule has 0 unspecified atom stereocenters. The standard InChI is InChI=1S/C24H29IN4O3/c1-14-12-16(15-7-10-29(11-8-15)23(30)32-24(2,3)4)13-18-20(14)28-21(27-18)19-17(25)6-9-26-22(19)31-5/h6,9,12-13,15H,7-8,10-11H2,1-5H3,(H,27,28). The van der Waals surface area contributed by atoms with Crippen molar-refractivity contribution in [2.24, 2.45) is 0 Å². The summed E-state index contributed by atoms with van der Waals surface area (Å²) < 4.78 is 12.0. The van der Waals surface area contributed by atoms with Gasteiger partial charge >= 0.3 is 6.09 Å². The van der Waals surface area contributed by atoms with E-state index in [0.717, 1.165) is 44.4 Å². The molecule has 2 aromatic heterocycles. The number of benzene rings is 1. The predicted molar refractivity (Wildman–Crippen MR) is 133 cm³/mol. The summed E-state index contributed by atoms with van der Waals surface area (Å²) in [4.78, 5) is 26.9. The number of hydrogen-bond acceptors (Lipinski definition) is 5. The number of ether oxygens (including phenoxy) is 2. The molecule has 8 heteroatoms. The fourth-order valence-corrected chi connectivity index (χ4v) is 4.83. The van der Waals surface area contributed by atoms with Crippen molar-refractivity contribution >= 4 is 39.7 Å². The normalized spacial score (nSPS) is 15.2. The van der Waals surface area contributed by atoms with E-state index >= 15 is 0 Å². The lowest BCUT2D eigenvalue weighted by Crippen LogP contribution is -2.41. The first kappa shape index (κ1) is 22.8. The molecule has 1 N–H and O–H groups in total. The SMILES string of the molecule is COc1nccc(I)c1-c1nc2c(C)cc(C3CCN(C(=O)OC(C)(C)C)CC3)cc2[nH]1. The fourth-order valence-electron chi connectivity index (χ4n) is 4.18. The van der Waals surface area contributed by atoms with Gasteiger partial charge in [-0.2, -0.15) is 0 Å². The second kappa shape index (κ2) is 8.88. The molecule has 3 heterocycles. The van der Waals surface area contributed by atoms with E-state index in [0.29, 0.717) is 24.9 Å². The first-order valence-corrected chi connectivity index (χ1v) is 11.9. The zero-order valence-corrected chi connectivity index (χ0v) is 21.3. The Bertz CT molecular complexity index is 1140. The molecule has 0 aliphatic carbocycles. The van der Waals surface area contributed by atoms with Crippen LogP contribution in [0.25, 0.3) is 22.4 Å². The van der Waals surface area contributed by atoms with Gasteiger partial charge in [-0.1, -0.05) is 6.07 Å². The number of aromatic nitrogens is 3. The largest absolute Gasteiger partial charge is 0.480 e. The van der Waals surface area contributed by atoms with Gasteiger partial charge in [-0.15, -0.1) is 0 Å². The van der Waals surface area contributed by atoms with Crippen LogP contribution in [0.4, 0.5) is 4.79 Å². The first-order chi connectivity index (χ1) is 15.2. The van der Waals surface area contributed by atoms with Gasteiger partial charge in [0.15, 0.2) is 0 Å². The highest BCUT2D eigenvalue weighted by molar-refractivity contribution is 14.1. The fraction of sp³-hybridized carbons (Fsp3) is 0.458. The van der Waals surface area contributed by atoms with E-state index in [4.69, 9.17) is 14.5 Å². The molecule has 0 saturated carbocycles. The molecule has 0 bridgehead atoms. The molecule has 0 atom stereocenters. The lowest BCUT2D eigenvalue weighted by molar-refractivity contribution is 0.0205. The molecule has 0 radical (unpaired) electrons. The van der Waals surface area contributed by atoms with Gasteiger partial charge in [0.25, 0.3) is 0 Å². The van der Waals surface area contributed by atoms with Gasteiger partial charge < -0.3 is 19.4 Å². The number of piperidine rings is 1. The van der Waals surface area contributed by atoms with Gasteiger partial charge in [0, 0.05) is 22.9 Å². The maximum Gasteiger partial charge on any atom is 0.410 e. The molecule has 32 heavy (non-hydrogen) atoms. The van der Waals surface area contributed by atoms with Gasteiger partial charge in [-0.25, -0.2) is 14.8 Å². The summed E-state index contributed by atoms with van der Waals surface area (Å²) in [6, 6.07) is 6.37. The smallest absolute Gasteiger partial charge is 0.410 e. The maximum atomic E-state index is 12.4. The minimum atomic E-state index is -0.469. The molecule has 1 amide bonds. The number of nitrogens with zero attached hydrogens (tertiary/aromatic N) is 3. The number of nitrogens with one attached hydrogen (secondary N) is 1. The van der Waals surface area contributed by atoms with E-state index in [1.165, 1.54) is 5.56 Å². The number of fused-ring (bicyclic) bond motifs is 1. The van der Waals surface area contributed by atoms with Gasteiger partial charge in [0.2, 0.25) is 5.88 Å². The molecule has 0 spiro atoms. The average molecular weight is 548 g/mol. The van der Waals surface area contributed by atoms with Crippen molar-refractivity contribution in [1.29, 1.82) is 0 Å². The average Bonchev–Trinajstić information content (AvgIpc) is 3.16. The minimum Gasteiger partial charge on any atom is -0.480 e. The van der Waals surface area contributed by atoms with Crippen molar-refractivity contribution in [3.63, 3.8) is 0 Å². The molecule has 1 aliphatic heterocycles. The molecule has 1 aliphatic rings. The van der Waals surface area contributed by atoms with Gasteiger partial charge in [-0.3, -0.25) is 0 Å². The van der Waals surface area contributed by atoms with Crippen LogP contribution in [0.5, 0.6) is 5.88 Å². The highest BCUT2D eigenvalue weighted by Crippen LogP contribution is 2.35. The Balaban J connectivity index is 1.57. The number of aryl methyl sites for hydroxylation is 1. The van der Waals surface area contributed by atoms with Crippen molar-refractivity contribution in [1.82, 2.24) is 19.9 Å². The Morgan fingerprint density at radius 2 is 1.97 bits per heavy atom. The Kier molecular flexibility index (Phi) is 6.33. The molecular weight excluding hydrogens is 519 g/mol. The number of carbonyl (C=O) groups is 1. The van der Waals surface area contributed by atoms with Crippen LogP contribution >= 0.6 is 22.6 Å². The van der Waals surface area contributed by atoms with E-state index < -0.39 is 5.60 Å². The van der Waals surface area contributed by atoms with Crippen LogP contribution in [-0.4, -0.2) is 51.7 Å². The Hall–Kier alpha value is -2.36. The minimum absolute atomic E-state index is 0.221. The number of amides is 1. The van der Waals surface area contributed by atoms with Crippen LogP contribution in [0.3, 0.4) is 0 Å². The number of aromatic amines is 1. The number of likely N-dealkylation sites (tertiary alicyclic amines) is 1. The van der Waals surface area contributed by atoms with Crippen LogP contribution in [0.1, 0.15) is 50.7 Å². The number of pyridine rings is 1. The van der Waals surface area contributed by atoms with Crippen molar-refractivity contribution in [3.05, 3.63) is 39.1 Å². The molecule has 7 nitrogen and oxygen atoms in total. The molecule has 1 aromatic carbocycles. The molecule has 1 saturated heterocycles. The topological polar surface area (TPSA) is 80.3 Å².